The van der Waals surface area contributed by atoms with Crippen LogP contribution in [0, 0.1) is 6.92 Å². The fourth-order valence-corrected chi connectivity index (χ4v) is 2.93. The molecule has 1 fully saturated rings. The lowest BCUT2D eigenvalue weighted by atomic mass is 9.97. The second-order valence-corrected chi connectivity index (χ2v) is 5.24. The van der Waals surface area contributed by atoms with Gasteiger partial charge in [-0.05, 0) is 51.6 Å². The van der Waals surface area contributed by atoms with Gasteiger partial charge >= 0.3 is 0 Å². The molecule has 0 spiro atoms. The molecule has 0 aromatic carbocycles. The van der Waals surface area contributed by atoms with Crippen LogP contribution in [0.4, 0.5) is 0 Å². The van der Waals surface area contributed by atoms with Crippen molar-refractivity contribution in [3.8, 4) is 0 Å². The molecule has 2 heterocycles. The van der Waals surface area contributed by atoms with Crippen LogP contribution in [-0.4, -0.2) is 32.2 Å². The maximum atomic E-state index is 12.3. The minimum atomic E-state index is 0.0466. The van der Waals surface area contributed by atoms with Crippen LogP contribution in [0.15, 0.2) is 0 Å². The van der Waals surface area contributed by atoms with Gasteiger partial charge in [0.25, 0.3) is 5.91 Å². The summed E-state index contributed by atoms with van der Waals surface area (Å²) < 4.78 is 4.07. The van der Waals surface area contributed by atoms with Gasteiger partial charge in [-0.15, -0.1) is 0 Å². The normalized spacial score (nSPS) is 25.8. The third-order valence-corrected chi connectivity index (χ3v) is 3.93. The second-order valence-electron chi connectivity index (χ2n) is 4.49. The SMILES string of the molecule is Cc1nsc(C(=O)N2C(C)CCCC2C)n1. The second kappa shape index (κ2) is 4.49. The number of hydrogen-bond donors (Lipinski definition) is 0. The molecule has 5 heteroatoms. The van der Waals surface area contributed by atoms with Crippen molar-refractivity contribution in [1.29, 1.82) is 0 Å². The number of amides is 1. The molecule has 1 aromatic heterocycles. The monoisotopic (exact) mass is 239 g/mol. The lowest BCUT2D eigenvalue weighted by Gasteiger charge is -2.38. The molecule has 1 aliphatic heterocycles. The molecule has 1 amide bonds. The maximum absolute atomic E-state index is 12.3. The standard InChI is InChI=1S/C11H17N3OS/c1-7-5-4-6-8(2)14(7)11(15)10-12-9(3)13-16-10/h7-8H,4-6H2,1-3H3. The van der Waals surface area contributed by atoms with E-state index in [1.807, 2.05) is 11.8 Å². The molecule has 0 N–H and O–H groups in total. The topological polar surface area (TPSA) is 46.1 Å². The maximum Gasteiger partial charge on any atom is 0.284 e. The highest BCUT2D eigenvalue weighted by Crippen LogP contribution is 2.24. The van der Waals surface area contributed by atoms with Crippen molar-refractivity contribution in [3.05, 3.63) is 10.8 Å². The van der Waals surface area contributed by atoms with E-state index < -0.39 is 0 Å². The van der Waals surface area contributed by atoms with Crippen molar-refractivity contribution in [2.24, 2.45) is 0 Å². The van der Waals surface area contributed by atoms with E-state index in [9.17, 15) is 4.79 Å². The van der Waals surface area contributed by atoms with Gasteiger partial charge in [-0.25, -0.2) is 4.98 Å². The van der Waals surface area contributed by atoms with E-state index in [0.29, 0.717) is 22.9 Å². The lowest BCUT2D eigenvalue weighted by Crippen LogP contribution is -2.47. The quantitative estimate of drug-likeness (QED) is 0.755. The first-order chi connectivity index (χ1) is 7.59. The van der Waals surface area contributed by atoms with E-state index in [1.54, 1.807) is 0 Å². The summed E-state index contributed by atoms with van der Waals surface area (Å²) in [6.07, 6.45) is 3.39. The molecule has 1 aliphatic rings. The predicted molar refractivity (Wildman–Crippen MR) is 63.6 cm³/mol. The summed E-state index contributed by atoms with van der Waals surface area (Å²) in [4.78, 5) is 18.4. The van der Waals surface area contributed by atoms with Gasteiger partial charge in [-0.1, -0.05) is 0 Å². The Balaban J connectivity index is 2.19. The summed E-state index contributed by atoms with van der Waals surface area (Å²) in [5.41, 5.74) is 0. The lowest BCUT2D eigenvalue weighted by molar-refractivity contribution is 0.0510. The molecule has 2 atom stereocenters. The van der Waals surface area contributed by atoms with Gasteiger partial charge in [0, 0.05) is 12.1 Å². The smallest absolute Gasteiger partial charge is 0.284 e. The zero-order valence-corrected chi connectivity index (χ0v) is 10.8. The third-order valence-electron chi connectivity index (χ3n) is 3.14. The fourth-order valence-electron chi connectivity index (χ4n) is 2.32. The summed E-state index contributed by atoms with van der Waals surface area (Å²) in [7, 11) is 0. The Hall–Kier alpha value is -0.970. The fraction of sp³-hybridized carbons (Fsp3) is 0.727. The van der Waals surface area contributed by atoms with Gasteiger partial charge in [-0.3, -0.25) is 4.79 Å². The molecule has 0 radical (unpaired) electrons. The highest BCUT2D eigenvalue weighted by molar-refractivity contribution is 7.07. The van der Waals surface area contributed by atoms with Crippen molar-refractivity contribution in [3.63, 3.8) is 0 Å². The number of likely N-dealkylation sites (tertiary alicyclic amines) is 1. The van der Waals surface area contributed by atoms with Crippen molar-refractivity contribution in [1.82, 2.24) is 14.3 Å². The average Bonchev–Trinajstić information content (AvgIpc) is 2.64. The number of hydrogen-bond acceptors (Lipinski definition) is 4. The number of carbonyl (C=O) groups excluding carboxylic acids is 1. The number of aromatic nitrogens is 2. The Morgan fingerprint density at radius 2 is 2.00 bits per heavy atom. The van der Waals surface area contributed by atoms with Crippen molar-refractivity contribution in [2.45, 2.75) is 52.1 Å². The zero-order chi connectivity index (χ0) is 11.7. The number of rotatable bonds is 1. The van der Waals surface area contributed by atoms with Gasteiger partial charge in [0.2, 0.25) is 5.01 Å². The first-order valence-corrected chi connectivity index (χ1v) is 6.50. The van der Waals surface area contributed by atoms with Crippen LogP contribution >= 0.6 is 11.5 Å². The largest absolute Gasteiger partial charge is 0.331 e. The van der Waals surface area contributed by atoms with E-state index in [0.717, 1.165) is 12.8 Å². The first kappa shape index (κ1) is 11.5. The molecule has 0 bridgehead atoms. The van der Waals surface area contributed by atoms with Crippen LogP contribution in [0.25, 0.3) is 0 Å². The molecule has 1 saturated heterocycles. The van der Waals surface area contributed by atoms with E-state index in [1.165, 1.54) is 18.0 Å². The van der Waals surface area contributed by atoms with Gasteiger partial charge in [0.1, 0.15) is 5.82 Å². The summed E-state index contributed by atoms with van der Waals surface area (Å²) in [6, 6.07) is 0.640. The molecular formula is C11H17N3OS. The molecule has 0 aliphatic carbocycles. The zero-order valence-electron chi connectivity index (χ0n) is 9.93. The summed E-state index contributed by atoms with van der Waals surface area (Å²) in [5, 5.41) is 0.526. The number of nitrogens with zero attached hydrogens (tertiary/aromatic N) is 3. The van der Waals surface area contributed by atoms with Crippen LogP contribution in [0.2, 0.25) is 0 Å². The van der Waals surface area contributed by atoms with Crippen molar-refractivity contribution < 1.29 is 4.79 Å². The Kier molecular flexibility index (Phi) is 3.23. The molecule has 0 saturated carbocycles. The van der Waals surface area contributed by atoms with E-state index in [4.69, 9.17) is 0 Å². The van der Waals surface area contributed by atoms with Crippen LogP contribution in [0.1, 0.15) is 48.7 Å². The molecule has 88 valence electrons. The highest BCUT2D eigenvalue weighted by Gasteiger charge is 2.31. The predicted octanol–water partition coefficient (Wildman–Crippen LogP) is 2.25. The van der Waals surface area contributed by atoms with Gasteiger partial charge in [0.15, 0.2) is 0 Å². The van der Waals surface area contributed by atoms with Crippen molar-refractivity contribution >= 4 is 17.4 Å². The van der Waals surface area contributed by atoms with Gasteiger partial charge < -0.3 is 4.90 Å². The summed E-state index contributed by atoms with van der Waals surface area (Å²) >= 11 is 1.20. The average molecular weight is 239 g/mol. The number of aryl methyl sites for hydroxylation is 1. The molecule has 16 heavy (non-hydrogen) atoms. The molecule has 4 nitrogen and oxygen atoms in total. The van der Waals surface area contributed by atoms with Crippen LogP contribution in [-0.2, 0) is 0 Å². The Morgan fingerprint density at radius 3 is 2.50 bits per heavy atom. The van der Waals surface area contributed by atoms with Crippen LogP contribution in [0.3, 0.4) is 0 Å². The minimum absolute atomic E-state index is 0.0466. The highest BCUT2D eigenvalue weighted by atomic mass is 32.1. The first-order valence-electron chi connectivity index (χ1n) is 5.72. The van der Waals surface area contributed by atoms with Crippen molar-refractivity contribution in [2.75, 3.05) is 0 Å². The Labute approximate surface area is 99.9 Å². The minimum Gasteiger partial charge on any atom is -0.331 e. The van der Waals surface area contributed by atoms with Gasteiger partial charge in [0.05, 0.1) is 0 Å². The van der Waals surface area contributed by atoms with Crippen LogP contribution in [0.5, 0.6) is 0 Å². The Bertz CT molecular complexity index is 380. The third kappa shape index (κ3) is 2.09. The van der Waals surface area contributed by atoms with E-state index in [-0.39, 0.29) is 5.91 Å². The van der Waals surface area contributed by atoms with E-state index in [2.05, 4.69) is 23.2 Å². The molecule has 1 aromatic rings. The number of carbonyl (C=O) groups is 1. The van der Waals surface area contributed by atoms with Gasteiger partial charge in [-0.2, -0.15) is 4.37 Å². The molecule has 2 rings (SSSR count). The number of piperidine rings is 1. The van der Waals surface area contributed by atoms with E-state index >= 15 is 0 Å². The molecular weight excluding hydrogens is 222 g/mol. The molecule has 2 unspecified atom stereocenters. The Morgan fingerprint density at radius 1 is 1.38 bits per heavy atom. The van der Waals surface area contributed by atoms with Crippen LogP contribution < -0.4 is 0 Å². The summed E-state index contributed by atoms with van der Waals surface area (Å²) in [6.45, 7) is 6.04. The summed E-state index contributed by atoms with van der Waals surface area (Å²) in [5.74, 6) is 0.732.